The Hall–Kier alpha value is -1.92. The van der Waals surface area contributed by atoms with E-state index < -0.39 is 0 Å². The Balaban J connectivity index is 1.67. The Morgan fingerprint density at radius 2 is 1.11 bits per heavy atom. The second-order valence-electron chi connectivity index (χ2n) is 7.29. The zero-order chi connectivity index (χ0) is 20.0. The molecule has 0 atom stereocenters. The summed E-state index contributed by atoms with van der Waals surface area (Å²) in [5, 5.41) is 2.51. The van der Waals surface area contributed by atoms with Gasteiger partial charge in [-0.1, -0.05) is 24.3 Å². The van der Waals surface area contributed by atoms with Crippen LogP contribution in [0.3, 0.4) is 0 Å². The predicted octanol–water partition coefficient (Wildman–Crippen LogP) is 6.09. The van der Waals surface area contributed by atoms with Gasteiger partial charge in [0, 0.05) is 24.5 Å². The Labute approximate surface area is 181 Å². The van der Waals surface area contributed by atoms with E-state index in [1.807, 2.05) is 13.8 Å². The van der Waals surface area contributed by atoms with Crippen molar-refractivity contribution in [1.82, 2.24) is 19.1 Å². The molecular formula is C22H22Br2N4. The number of hydrogen-bond donors (Lipinski definition) is 0. The highest BCUT2D eigenvalue weighted by atomic mass is 79.9. The van der Waals surface area contributed by atoms with Crippen LogP contribution in [0.15, 0.2) is 45.9 Å². The summed E-state index contributed by atoms with van der Waals surface area (Å²) in [4.78, 5) is 9.03. The molecule has 2 heterocycles. The lowest BCUT2D eigenvalue weighted by Gasteiger charge is -2.11. The van der Waals surface area contributed by atoms with Crippen molar-refractivity contribution in [3.05, 3.63) is 79.8 Å². The lowest BCUT2D eigenvalue weighted by atomic mass is 10.0. The molecule has 4 rings (SSSR count). The minimum atomic E-state index is 0.804. The van der Waals surface area contributed by atoms with Gasteiger partial charge in [-0.2, -0.15) is 0 Å². The molecule has 0 aliphatic rings. The van der Waals surface area contributed by atoms with Crippen LogP contribution in [0.5, 0.6) is 0 Å². The molecule has 0 aliphatic carbocycles. The second kappa shape index (κ2) is 7.48. The van der Waals surface area contributed by atoms with Gasteiger partial charge in [0.2, 0.25) is 0 Å². The monoisotopic (exact) mass is 500 g/mol. The van der Waals surface area contributed by atoms with Crippen molar-refractivity contribution in [2.75, 3.05) is 0 Å². The summed E-state index contributed by atoms with van der Waals surface area (Å²) in [7, 11) is 0. The molecule has 144 valence electrons. The van der Waals surface area contributed by atoms with Gasteiger partial charge in [0.15, 0.2) is 9.47 Å². The van der Waals surface area contributed by atoms with Crippen LogP contribution >= 0.6 is 31.9 Å². The minimum absolute atomic E-state index is 0.804. The molecule has 0 N–H and O–H groups in total. The summed E-state index contributed by atoms with van der Waals surface area (Å²) >= 11 is 7.16. The number of aryl methyl sites for hydroxylation is 2. The average molecular weight is 502 g/mol. The SMILES string of the molecule is Cc1nc(Br)n(Cc2ccc3ccc(Cn4c(Br)nc(C)c4C)cc3c2)c1C. The molecule has 28 heavy (non-hydrogen) atoms. The Kier molecular flexibility index (Phi) is 5.19. The van der Waals surface area contributed by atoms with Crippen LogP contribution < -0.4 is 0 Å². The van der Waals surface area contributed by atoms with Gasteiger partial charge in [0.05, 0.1) is 11.4 Å². The van der Waals surface area contributed by atoms with E-state index in [9.17, 15) is 0 Å². The largest absolute Gasteiger partial charge is 0.318 e. The number of fused-ring (bicyclic) bond motifs is 1. The van der Waals surface area contributed by atoms with Crippen molar-refractivity contribution in [3.8, 4) is 0 Å². The van der Waals surface area contributed by atoms with Gasteiger partial charge in [-0.25, -0.2) is 9.97 Å². The number of nitrogens with zero attached hydrogens (tertiary/aromatic N) is 4. The first-order chi connectivity index (χ1) is 13.3. The minimum Gasteiger partial charge on any atom is -0.318 e. The summed E-state index contributed by atoms with van der Waals surface area (Å²) in [5.41, 5.74) is 7.04. The maximum absolute atomic E-state index is 4.52. The van der Waals surface area contributed by atoms with Crippen LogP contribution in [-0.4, -0.2) is 19.1 Å². The van der Waals surface area contributed by atoms with Gasteiger partial charge in [-0.15, -0.1) is 0 Å². The quantitative estimate of drug-likeness (QED) is 0.339. The summed E-state index contributed by atoms with van der Waals surface area (Å²) in [6.07, 6.45) is 0. The van der Waals surface area contributed by atoms with Crippen molar-refractivity contribution >= 4 is 42.6 Å². The number of hydrogen-bond acceptors (Lipinski definition) is 2. The molecule has 0 spiro atoms. The third-order valence-corrected chi connectivity index (χ3v) is 6.68. The highest BCUT2D eigenvalue weighted by Crippen LogP contribution is 2.23. The molecule has 0 saturated heterocycles. The maximum atomic E-state index is 4.52. The third kappa shape index (κ3) is 3.55. The van der Waals surface area contributed by atoms with Crippen LogP contribution in [0.1, 0.15) is 33.9 Å². The highest BCUT2D eigenvalue weighted by Gasteiger charge is 2.11. The van der Waals surface area contributed by atoms with E-state index in [-0.39, 0.29) is 0 Å². The fourth-order valence-corrected chi connectivity index (χ4v) is 4.82. The van der Waals surface area contributed by atoms with Gasteiger partial charge in [-0.3, -0.25) is 0 Å². The summed E-state index contributed by atoms with van der Waals surface area (Å²) in [6, 6.07) is 13.3. The normalized spacial score (nSPS) is 11.5. The third-order valence-electron chi connectivity index (χ3n) is 5.47. The summed E-state index contributed by atoms with van der Waals surface area (Å²) in [5.74, 6) is 0. The highest BCUT2D eigenvalue weighted by molar-refractivity contribution is 9.10. The molecule has 0 aliphatic heterocycles. The van der Waals surface area contributed by atoms with Gasteiger partial charge in [-0.05, 0) is 93.6 Å². The van der Waals surface area contributed by atoms with E-state index in [4.69, 9.17) is 0 Å². The van der Waals surface area contributed by atoms with Crippen LogP contribution in [0.2, 0.25) is 0 Å². The molecule has 0 radical (unpaired) electrons. The zero-order valence-electron chi connectivity index (χ0n) is 16.4. The van der Waals surface area contributed by atoms with Crippen molar-refractivity contribution in [2.45, 2.75) is 40.8 Å². The van der Waals surface area contributed by atoms with Gasteiger partial charge < -0.3 is 9.13 Å². The molecule has 0 amide bonds. The van der Waals surface area contributed by atoms with Crippen molar-refractivity contribution in [3.63, 3.8) is 0 Å². The van der Waals surface area contributed by atoms with E-state index in [1.165, 1.54) is 33.3 Å². The van der Waals surface area contributed by atoms with Crippen molar-refractivity contribution in [1.29, 1.82) is 0 Å². The average Bonchev–Trinajstić information content (AvgIpc) is 3.04. The molecule has 0 fully saturated rings. The molecule has 2 aromatic heterocycles. The van der Waals surface area contributed by atoms with Crippen molar-refractivity contribution < 1.29 is 0 Å². The van der Waals surface area contributed by atoms with Crippen LogP contribution in [-0.2, 0) is 13.1 Å². The van der Waals surface area contributed by atoms with Gasteiger partial charge in [0.25, 0.3) is 0 Å². The lowest BCUT2D eigenvalue weighted by molar-refractivity contribution is 0.747. The first-order valence-corrected chi connectivity index (χ1v) is 10.8. The standard InChI is InChI=1S/C22H22Br2N4/c1-13-15(3)27(21(23)25-13)11-17-5-7-19-8-6-18(10-20(19)9-17)12-28-16(4)14(2)26-22(28)24/h5-10H,11-12H2,1-4H3. The Morgan fingerprint density at radius 3 is 1.46 bits per heavy atom. The van der Waals surface area contributed by atoms with E-state index >= 15 is 0 Å². The van der Waals surface area contributed by atoms with E-state index in [0.717, 1.165) is 33.9 Å². The first kappa shape index (κ1) is 19.4. The fraction of sp³-hybridized carbons (Fsp3) is 0.273. The Bertz CT molecular complexity index is 1100. The molecule has 4 aromatic rings. The van der Waals surface area contributed by atoms with E-state index in [0.29, 0.717) is 0 Å². The second-order valence-corrected chi connectivity index (χ2v) is 8.71. The summed E-state index contributed by atoms with van der Waals surface area (Å²) in [6.45, 7) is 9.92. The summed E-state index contributed by atoms with van der Waals surface area (Å²) < 4.78 is 6.17. The van der Waals surface area contributed by atoms with Crippen molar-refractivity contribution in [2.24, 2.45) is 0 Å². The molecule has 6 heteroatoms. The number of imidazole rings is 2. The molecule has 2 aromatic carbocycles. The zero-order valence-corrected chi connectivity index (χ0v) is 19.6. The maximum Gasteiger partial charge on any atom is 0.177 e. The molecular weight excluding hydrogens is 480 g/mol. The predicted molar refractivity (Wildman–Crippen MR) is 121 cm³/mol. The number of aromatic nitrogens is 4. The van der Waals surface area contributed by atoms with E-state index in [2.05, 4.69) is 101 Å². The number of halogens is 2. The molecule has 0 bridgehead atoms. The van der Waals surface area contributed by atoms with E-state index in [1.54, 1.807) is 0 Å². The van der Waals surface area contributed by atoms with Crippen LogP contribution in [0.25, 0.3) is 10.8 Å². The lowest BCUT2D eigenvalue weighted by Crippen LogP contribution is -2.03. The molecule has 0 saturated carbocycles. The fourth-order valence-electron chi connectivity index (χ4n) is 3.50. The number of rotatable bonds is 4. The first-order valence-electron chi connectivity index (χ1n) is 9.23. The van der Waals surface area contributed by atoms with Crippen LogP contribution in [0.4, 0.5) is 0 Å². The smallest absolute Gasteiger partial charge is 0.177 e. The molecule has 4 nitrogen and oxygen atoms in total. The van der Waals surface area contributed by atoms with Gasteiger partial charge >= 0.3 is 0 Å². The molecule has 0 unspecified atom stereocenters. The number of benzene rings is 2. The topological polar surface area (TPSA) is 35.6 Å². The Morgan fingerprint density at radius 1 is 0.679 bits per heavy atom. The van der Waals surface area contributed by atoms with Gasteiger partial charge in [0.1, 0.15) is 0 Å². The van der Waals surface area contributed by atoms with Crippen LogP contribution in [0, 0.1) is 27.7 Å².